The van der Waals surface area contributed by atoms with Crippen LogP contribution in [0.4, 0.5) is 0 Å². The summed E-state index contributed by atoms with van der Waals surface area (Å²) < 4.78 is 5.40. The Bertz CT molecular complexity index is 196. The molecule has 1 atom stereocenters. The van der Waals surface area contributed by atoms with E-state index in [4.69, 9.17) is 4.74 Å². The third kappa shape index (κ3) is 10.4. The van der Waals surface area contributed by atoms with E-state index in [1.54, 1.807) is 0 Å². The van der Waals surface area contributed by atoms with Crippen LogP contribution in [-0.2, 0) is 4.74 Å². The minimum atomic E-state index is 0.289. The van der Waals surface area contributed by atoms with Gasteiger partial charge in [-0.15, -0.1) is 0 Å². The second-order valence-corrected chi connectivity index (χ2v) is 6.73. The summed E-state index contributed by atoms with van der Waals surface area (Å²) in [7, 11) is 0. The van der Waals surface area contributed by atoms with Crippen molar-refractivity contribution in [2.24, 2.45) is 0 Å². The molecule has 0 aliphatic carbocycles. The fourth-order valence-corrected chi connectivity index (χ4v) is 2.78. The molecule has 0 N–H and O–H groups in total. The van der Waals surface area contributed by atoms with Crippen LogP contribution in [0.1, 0.15) is 104 Å². The predicted octanol–water partition coefficient (Wildman–Crippen LogP) is 6.26. The normalized spacial score (nSPS) is 21.8. The maximum Gasteiger partial charge on any atom is 0.0888 e. The molecule has 0 radical (unpaired) electrons. The Balaban J connectivity index is 1.65. The first-order chi connectivity index (χ1) is 9.27. The van der Waals surface area contributed by atoms with Crippen LogP contribution in [0.3, 0.4) is 0 Å². The molecular formula is C18H36O. The number of ether oxygens (including phenoxy) is 1. The highest BCUT2D eigenvalue weighted by atomic mass is 16.6. The molecule has 1 fully saturated rings. The van der Waals surface area contributed by atoms with E-state index < -0.39 is 0 Å². The van der Waals surface area contributed by atoms with Crippen LogP contribution in [-0.4, -0.2) is 12.2 Å². The molecule has 0 amide bonds. The Hall–Kier alpha value is -0.0400. The van der Waals surface area contributed by atoms with Crippen molar-refractivity contribution in [1.29, 1.82) is 0 Å². The third-order valence-electron chi connectivity index (χ3n) is 4.45. The van der Waals surface area contributed by atoms with Crippen molar-refractivity contribution in [3.8, 4) is 0 Å². The lowest BCUT2D eigenvalue weighted by molar-refractivity contribution is 0.301. The van der Waals surface area contributed by atoms with Crippen molar-refractivity contribution < 1.29 is 4.74 Å². The van der Waals surface area contributed by atoms with Crippen molar-refractivity contribution in [1.82, 2.24) is 0 Å². The maximum absolute atomic E-state index is 5.40. The van der Waals surface area contributed by atoms with Crippen LogP contribution in [0.25, 0.3) is 0 Å². The fraction of sp³-hybridized carbons (Fsp3) is 1.00. The zero-order valence-corrected chi connectivity index (χ0v) is 13.5. The van der Waals surface area contributed by atoms with E-state index >= 15 is 0 Å². The standard InChI is InChI=1S/C18H36O/c1-3-4-5-6-7-8-9-10-11-12-13-14-15-16-18(2)17-19-18/h3-17H2,1-2H3. The summed E-state index contributed by atoms with van der Waals surface area (Å²) in [6.45, 7) is 5.54. The van der Waals surface area contributed by atoms with Crippen LogP contribution in [0.2, 0.25) is 0 Å². The highest BCUT2D eigenvalue weighted by molar-refractivity contribution is 4.86. The molecule has 1 unspecified atom stereocenters. The summed E-state index contributed by atoms with van der Waals surface area (Å²) in [5.74, 6) is 0. The van der Waals surface area contributed by atoms with Gasteiger partial charge in [-0.1, -0.05) is 90.4 Å². The largest absolute Gasteiger partial charge is 0.370 e. The summed E-state index contributed by atoms with van der Waals surface area (Å²) in [5.41, 5.74) is 0.289. The summed E-state index contributed by atoms with van der Waals surface area (Å²) in [5, 5.41) is 0. The van der Waals surface area contributed by atoms with Crippen molar-refractivity contribution in [2.75, 3.05) is 6.61 Å². The maximum atomic E-state index is 5.40. The van der Waals surface area contributed by atoms with Gasteiger partial charge in [-0.05, 0) is 13.3 Å². The monoisotopic (exact) mass is 268 g/mol. The summed E-state index contributed by atoms with van der Waals surface area (Å²) >= 11 is 0. The number of rotatable bonds is 14. The van der Waals surface area contributed by atoms with Gasteiger partial charge in [-0.25, -0.2) is 0 Å². The summed E-state index contributed by atoms with van der Waals surface area (Å²) in [6, 6.07) is 0. The predicted molar refractivity (Wildman–Crippen MR) is 84.7 cm³/mol. The highest BCUT2D eigenvalue weighted by Gasteiger charge is 2.37. The molecule has 0 aromatic carbocycles. The average molecular weight is 268 g/mol. The van der Waals surface area contributed by atoms with Gasteiger partial charge in [0.1, 0.15) is 0 Å². The van der Waals surface area contributed by atoms with Crippen LogP contribution in [0.5, 0.6) is 0 Å². The lowest BCUT2D eigenvalue weighted by Gasteiger charge is -2.05. The van der Waals surface area contributed by atoms with Crippen LogP contribution in [0, 0.1) is 0 Å². The molecule has 1 rings (SSSR count). The molecule has 1 aliphatic heterocycles. The van der Waals surface area contributed by atoms with Crippen LogP contribution >= 0.6 is 0 Å². The van der Waals surface area contributed by atoms with Crippen LogP contribution in [0.15, 0.2) is 0 Å². The molecule has 1 aliphatic rings. The summed E-state index contributed by atoms with van der Waals surface area (Å²) in [6.07, 6.45) is 20.0. The van der Waals surface area contributed by atoms with Gasteiger partial charge in [0.15, 0.2) is 0 Å². The van der Waals surface area contributed by atoms with Crippen molar-refractivity contribution in [2.45, 2.75) is 109 Å². The van der Waals surface area contributed by atoms with E-state index in [1.165, 1.54) is 89.9 Å². The van der Waals surface area contributed by atoms with E-state index in [0.29, 0.717) is 0 Å². The molecule has 0 spiro atoms. The molecule has 1 heteroatoms. The van der Waals surface area contributed by atoms with E-state index in [0.717, 1.165) is 6.61 Å². The molecule has 1 heterocycles. The van der Waals surface area contributed by atoms with E-state index in [-0.39, 0.29) is 5.60 Å². The SMILES string of the molecule is CCCCCCCCCCCCCCCC1(C)CO1. The van der Waals surface area contributed by atoms with Gasteiger partial charge in [0, 0.05) is 0 Å². The van der Waals surface area contributed by atoms with Gasteiger partial charge in [0.2, 0.25) is 0 Å². The van der Waals surface area contributed by atoms with Gasteiger partial charge in [-0.3, -0.25) is 0 Å². The smallest absolute Gasteiger partial charge is 0.0888 e. The molecule has 0 aromatic rings. The Morgan fingerprint density at radius 2 is 1.05 bits per heavy atom. The minimum Gasteiger partial charge on any atom is -0.370 e. The Morgan fingerprint density at radius 3 is 1.42 bits per heavy atom. The molecule has 0 saturated carbocycles. The minimum absolute atomic E-state index is 0.289. The topological polar surface area (TPSA) is 12.5 Å². The van der Waals surface area contributed by atoms with Crippen molar-refractivity contribution >= 4 is 0 Å². The lowest BCUT2D eigenvalue weighted by Crippen LogP contribution is -2.02. The van der Waals surface area contributed by atoms with E-state index in [9.17, 15) is 0 Å². The highest BCUT2D eigenvalue weighted by Crippen LogP contribution is 2.31. The number of hydrogen-bond acceptors (Lipinski definition) is 1. The quantitative estimate of drug-likeness (QED) is 0.268. The van der Waals surface area contributed by atoms with Crippen LogP contribution < -0.4 is 0 Å². The first-order valence-electron chi connectivity index (χ1n) is 8.91. The van der Waals surface area contributed by atoms with Crippen molar-refractivity contribution in [3.63, 3.8) is 0 Å². The molecule has 0 bridgehead atoms. The second kappa shape index (κ2) is 10.7. The zero-order valence-electron chi connectivity index (χ0n) is 13.5. The zero-order chi connectivity index (χ0) is 13.8. The second-order valence-electron chi connectivity index (χ2n) is 6.73. The number of epoxide rings is 1. The number of hydrogen-bond donors (Lipinski definition) is 0. The Kier molecular flexibility index (Phi) is 9.59. The van der Waals surface area contributed by atoms with Gasteiger partial charge < -0.3 is 4.74 Å². The molecule has 0 aromatic heterocycles. The van der Waals surface area contributed by atoms with E-state index in [2.05, 4.69) is 13.8 Å². The molecular weight excluding hydrogens is 232 g/mol. The fourth-order valence-electron chi connectivity index (χ4n) is 2.78. The first-order valence-corrected chi connectivity index (χ1v) is 8.91. The summed E-state index contributed by atoms with van der Waals surface area (Å²) in [4.78, 5) is 0. The van der Waals surface area contributed by atoms with Crippen molar-refractivity contribution in [3.05, 3.63) is 0 Å². The first kappa shape index (κ1) is 17.0. The molecule has 19 heavy (non-hydrogen) atoms. The van der Waals surface area contributed by atoms with Gasteiger partial charge >= 0.3 is 0 Å². The molecule has 1 saturated heterocycles. The number of unbranched alkanes of at least 4 members (excludes halogenated alkanes) is 12. The van der Waals surface area contributed by atoms with Gasteiger partial charge in [0.25, 0.3) is 0 Å². The van der Waals surface area contributed by atoms with Gasteiger partial charge in [0.05, 0.1) is 12.2 Å². The van der Waals surface area contributed by atoms with E-state index in [1.807, 2.05) is 0 Å². The Morgan fingerprint density at radius 1 is 0.684 bits per heavy atom. The molecule has 114 valence electrons. The molecule has 1 nitrogen and oxygen atoms in total. The van der Waals surface area contributed by atoms with Gasteiger partial charge in [-0.2, -0.15) is 0 Å². The average Bonchev–Trinajstić information content (AvgIpc) is 3.13. The third-order valence-corrected chi connectivity index (χ3v) is 4.45. The lowest BCUT2D eigenvalue weighted by atomic mass is 10.0. The Labute approximate surface area is 121 Å².